The van der Waals surface area contributed by atoms with Crippen molar-refractivity contribution in [3.63, 3.8) is 0 Å². The summed E-state index contributed by atoms with van der Waals surface area (Å²) in [4.78, 5) is 18.9. The van der Waals surface area contributed by atoms with Crippen LogP contribution >= 0.6 is 15.9 Å². The molecule has 0 heterocycles. The van der Waals surface area contributed by atoms with Gasteiger partial charge in [0.2, 0.25) is 0 Å². The molecule has 10 heavy (non-hydrogen) atoms. The molecule has 0 fully saturated rings. The van der Waals surface area contributed by atoms with E-state index < -0.39 is 16.9 Å². The minimum Gasteiger partial charge on any atom is -0.480 e. The molecule has 0 aromatic carbocycles. The van der Waals surface area contributed by atoms with Crippen LogP contribution in [0.25, 0.3) is 0 Å². The summed E-state index contributed by atoms with van der Waals surface area (Å²) in [6, 6.07) is 0. The number of carbonyl (C=O) groups is 2. The first-order chi connectivity index (χ1) is 4.54. The Balaban J connectivity index is 3.49. The quantitative estimate of drug-likeness (QED) is 0.430. The highest BCUT2D eigenvalue weighted by molar-refractivity contribution is 9.09. The van der Waals surface area contributed by atoms with E-state index >= 15 is 0 Å². The molecule has 0 aliphatic rings. The molecule has 0 spiro atoms. The van der Waals surface area contributed by atoms with Crippen molar-refractivity contribution in [2.24, 2.45) is 0 Å². The minimum absolute atomic E-state index is 0.373. The third-order valence-electron chi connectivity index (χ3n) is 0.649. The molecule has 58 valence electrons. The highest BCUT2D eigenvalue weighted by Crippen LogP contribution is 1.92. The summed E-state index contributed by atoms with van der Waals surface area (Å²) in [6.45, 7) is -0.373. The van der Waals surface area contributed by atoms with Gasteiger partial charge in [-0.15, -0.1) is 0 Å². The first kappa shape index (κ1) is 9.38. The standard InChI is InChI=1S/C4H6BrNO4/c5-3(4(9)10)6-1-2(7)8/h3,6H,1H2,(H,7,8)(H,9,10). The van der Waals surface area contributed by atoms with Crippen LogP contribution in [0.5, 0.6) is 0 Å². The molecule has 0 aromatic heterocycles. The molecular weight excluding hydrogens is 206 g/mol. The Morgan fingerprint density at radius 1 is 1.50 bits per heavy atom. The van der Waals surface area contributed by atoms with Crippen LogP contribution in [-0.4, -0.2) is 33.6 Å². The monoisotopic (exact) mass is 211 g/mol. The molecule has 0 saturated heterocycles. The fourth-order valence-corrected chi connectivity index (χ4v) is 0.426. The Morgan fingerprint density at radius 3 is 2.30 bits per heavy atom. The SMILES string of the molecule is O=C(O)CNC(Br)C(=O)O. The fourth-order valence-electron chi connectivity index (χ4n) is 0.264. The predicted molar refractivity (Wildman–Crippen MR) is 36.0 cm³/mol. The van der Waals surface area contributed by atoms with Gasteiger partial charge < -0.3 is 10.2 Å². The van der Waals surface area contributed by atoms with Crippen LogP contribution in [0.2, 0.25) is 0 Å². The highest BCUT2D eigenvalue weighted by atomic mass is 79.9. The van der Waals surface area contributed by atoms with E-state index in [2.05, 4.69) is 21.2 Å². The number of alkyl halides is 1. The summed E-state index contributed by atoms with van der Waals surface area (Å²) in [6.07, 6.45) is 0. The van der Waals surface area contributed by atoms with Crippen molar-refractivity contribution in [2.75, 3.05) is 6.54 Å². The molecule has 0 radical (unpaired) electrons. The summed E-state index contributed by atoms with van der Waals surface area (Å²) in [5, 5.41) is 18.5. The second-order valence-electron chi connectivity index (χ2n) is 1.48. The molecule has 0 saturated carbocycles. The smallest absolute Gasteiger partial charge is 0.331 e. The fraction of sp³-hybridized carbons (Fsp3) is 0.500. The van der Waals surface area contributed by atoms with E-state index in [0.717, 1.165) is 0 Å². The van der Waals surface area contributed by atoms with Gasteiger partial charge in [-0.2, -0.15) is 0 Å². The van der Waals surface area contributed by atoms with Gasteiger partial charge in [0.25, 0.3) is 0 Å². The molecule has 0 aromatic rings. The number of hydrogen-bond donors (Lipinski definition) is 3. The average molecular weight is 212 g/mol. The van der Waals surface area contributed by atoms with Crippen LogP contribution < -0.4 is 5.32 Å². The van der Waals surface area contributed by atoms with E-state index in [1.807, 2.05) is 0 Å². The van der Waals surface area contributed by atoms with Crippen molar-refractivity contribution < 1.29 is 19.8 Å². The topological polar surface area (TPSA) is 86.6 Å². The largest absolute Gasteiger partial charge is 0.480 e. The number of hydrogen-bond acceptors (Lipinski definition) is 3. The Bertz CT molecular complexity index is 148. The van der Waals surface area contributed by atoms with Crippen LogP contribution in [0.3, 0.4) is 0 Å². The summed E-state index contributed by atoms with van der Waals surface area (Å²) in [7, 11) is 0. The number of carboxylic acid groups (broad SMARTS) is 2. The molecule has 5 nitrogen and oxygen atoms in total. The van der Waals surface area contributed by atoms with Gasteiger partial charge in [-0.1, -0.05) is 15.9 Å². The lowest BCUT2D eigenvalue weighted by Crippen LogP contribution is -2.34. The highest BCUT2D eigenvalue weighted by Gasteiger charge is 2.12. The number of halogens is 1. The maximum atomic E-state index is 10.0. The minimum atomic E-state index is -1.14. The Morgan fingerprint density at radius 2 is 2.00 bits per heavy atom. The van der Waals surface area contributed by atoms with Gasteiger partial charge in [0.05, 0.1) is 6.54 Å². The lowest BCUT2D eigenvalue weighted by atomic mass is 10.6. The normalized spacial score (nSPS) is 12.5. The molecule has 0 aliphatic carbocycles. The zero-order valence-electron chi connectivity index (χ0n) is 4.87. The van der Waals surface area contributed by atoms with Crippen LogP contribution in [0, 0.1) is 0 Å². The van der Waals surface area contributed by atoms with Crippen molar-refractivity contribution >= 4 is 27.9 Å². The van der Waals surface area contributed by atoms with E-state index in [4.69, 9.17) is 10.2 Å². The van der Waals surface area contributed by atoms with Gasteiger partial charge in [0, 0.05) is 0 Å². The molecular formula is C4H6BrNO4. The molecule has 0 aliphatic heterocycles. The van der Waals surface area contributed by atoms with E-state index in [-0.39, 0.29) is 6.54 Å². The first-order valence-corrected chi connectivity index (χ1v) is 3.27. The lowest BCUT2D eigenvalue weighted by molar-refractivity contribution is -0.138. The Hall–Kier alpha value is -0.620. The number of carboxylic acids is 2. The maximum Gasteiger partial charge on any atom is 0.331 e. The van der Waals surface area contributed by atoms with E-state index in [9.17, 15) is 9.59 Å². The van der Waals surface area contributed by atoms with Crippen LogP contribution in [0.4, 0.5) is 0 Å². The molecule has 3 N–H and O–H groups in total. The zero-order chi connectivity index (χ0) is 8.15. The van der Waals surface area contributed by atoms with Crippen LogP contribution in [0.15, 0.2) is 0 Å². The Labute approximate surface area is 65.2 Å². The summed E-state index contributed by atoms with van der Waals surface area (Å²) in [5.41, 5.74) is 0. The van der Waals surface area contributed by atoms with Crippen LogP contribution in [0.1, 0.15) is 0 Å². The van der Waals surface area contributed by atoms with Crippen molar-refractivity contribution in [2.45, 2.75) is 4.95 Å². The van der Waals surface area contributed by atoms with Crippen molar-refractivity contribution in [1.29, 1.82) is 0 Å². The first-order valence-electron chi connectivity index (χ1n) is 2.36. The number of rotatable bonds is 4. The summed E-state index contributed by atoms with van der Waals surface area (Å²) >= 11 is 2.70. The predicted octanol–water partition coefficient (Wildman–Crippen LogP) is -0.534. The van der Waals surface area contributed by atoms with Gasteiger partial charge in [-0.3, -0.25) is 10.1 Å². The molecule has 0 amide bonds. The number of aliphatic carboxylic acids is 2. The van der Waals surface area contributed by atoms with Crippen molar-refractivity contribution in [3.05, 3.63) is 0 Å². The Kier molecular flexibility index (Phi) is 3.97. The summed E-state index contributed by atoms with van der Waals surface area (Å²) < 4.78 is 0. The van der Waals surface area contributed by atoms with E-state index in [0.29, 0.717) is 0 Å². The van der Waals surface area contributed by atoms with Gasteiger partial charge in [0.15, 0.2) is 4.95 Å². The summed E-state index contributed by atoms with van der Waals surface area (Å²) in [5.74, 6) is -2.23. The molecule has 0 bridgehead atoms. The van der Waals surface area contributed by atoms with Crippen molar-refractivity contribution in [3.8, 4) is 0 Å². The van der Waals surface area contributed by atoms with E-state index in [1.165, 1.54) is 0 Å². The van der Waals surface area contributed by atoms with Gasteiger partial charge in [-0.25, -0.2) is 4.79 Å². The van der Waals surface area contributed by atoms with E-state index in [1.54, 1.807) is 0 Å². The molecule has 1 unspecified atom stereocenters. The lowest BCUT2D eigenvalue weighted by Gasteiger charge is -2.02. The van der Waals surface area contributed by atoms with Gasteiger partial charge >= 0.3 is 11.9 Å². The molecule has 0 rings (SSSR count). The van der Waals surface area contributed by atoms with Crippen molar-refractivity contribution in [1.82, 2.24) is 5.32 Å². The molecule has 6 heteroatoms. The van der Waals surface area contributed by atoms with Gasteiger partial charge in [0.1, 0.15) is 0 Å². The maximum absolute atomic E-state index is 10.0. The average Bonchev–Trinajstić information content (AvgIpc) is 1.82. The zero-order valence-corrected chi connectivity index (χ0v) is 6.46. The third kappa shape index (κ3) is 4.28. The second kappa shape index (κ2) is 4.24. The molecule has 1 atom stereocenters. The van der Waals surface area contributed by atoms with Gasteiger partial charge in [-0.05, 0) is 0 Å². The number of nitrogens with one attached hydrogen (secondary N) is 1. The second-order valence-corrected chi connectivity index (χ2v) is 2.39. The van der Waals surface area contributed by atoms with Crippen LogP contribution in [-0.2, 0) is 9.59 Å². The third-order valence-corrected chi connectivity index (χ3v) is 1.36.